The van der Waals surface area contributed by atoms with E-state index in [0.29, 0.717) is 17.3 Å². The van der Waals surface area contributed by atoms with Crippen molar-refractivity contribution >= 4 is 23.7 Å². The molecular weight excluding hydrogens is 286 g/mol. The fraction of sp³-hybridized carbons (Fsp3) is 0.308. The molecule has 0 aliphatic carbocycles. The Morgan fingerprint density at radius 1 is 1.33 bits per heavy atom. The number of pyridine rings is 1. The quantitative estimate of drug-likeness (QED) is 0.850. The van der Waals surface area contributed by atoms with Gasteiger partial charge in [0, 0.05) is 20.3 Å². The number of hydrogen-bond acceptors (Lipinski definition) is 8. The lowest BCUT2D eigenvalue weighted by Crippen LogP contribution is -2.16. The predicted molar refractivity (Wildman–Crippen MR) is 81.8 cm³/mol. The molecule has 0 aromatic carbocycles. The summed E-state index contributed by atoms with van der Waals surface area (Å²) in [5.41, 5.74) is 6.29. The molecule has 108 valence electrons. The van der Waals surface area contributed by atoms with Gasteiger partial charge in [-0.1, -0.05) is 11.8 Å². The molecule has 2 rings (SSSR count). The summed E-state index contributed by atoms with van der Waals surface area (Å²) in [5.74, 6) is 1.29. The van der Waals surface area contributed by atoms with Gasteiger partial charge < -0.3 is 10.6 Å². The first-order chi connectivity index (χ1) is 9.99. The smallest absolute Gasteiger partial charge is 0.229 e. The van der Waals surface area contributed by atoms with Crippen LogP contribution in [0.2, 0.25) is 0 Å². The third kappa shape index (κ3) is 3.79. The van der Waals surface area contributed by atoms with Crippen LogP contribution in [0, 0.1) is 11.3 Å². The number of nitrogens with zero attached hydrogens (tertiary/aromatic N) is 6. The summed E-state index contributed by atoms with van der Waals surface area (Å²) < 4.78 is 0. The van der Waals surface area contributed by atoms with Crippen molar-refractivity contribution in [3.05, 3.63) is 29.7 Å². The van der Waals surface area contributed by atoms with Crippen molar-refractivity contribution in [3.63, 3.8) is 0 Å². The number of aromatic nitrogens is 4. The lowest BCUT2D eigenvalue weighted by molar-refractivity contribution is 0.863. The molecule has 1 atom stereocenters. The van der Waals surface area contributed by atoms with E-state index < -0.39 is 0 Å². The maximum atomic E-state index is 8.91. The van der Waals surface area contributed by atoms with Gasteiger partial charge in [-0.05, 0) is 19.1 Å². The van der Waals surface area contributed by atoms with Crippen molar-refractivity contribution in [1.82, 2.24) is 19.9 Å². The van der Waals surface area contributed by atoms with Crippen LogP contribution >= 0.6 is 11.8 Å². The Balaban J connectivity index is 2.23. The lowest BCUT2D eigenvalue weighted by atomic mass is 10.3. The van der Waals surface area contributed by atoms with E-state index in [1.807, 2.05) is 21.0 Å². The molecule has 0 saturated carbocycles. The second-order valence-corrected chi connectivity index (χ2v) is 5.86. The molecule has 0 bridgehead atoms. The molecule has 7 nitrogen and oxygen atoms in total. The summed E-state index contributed by atoms with van der Waals surface area (Å²) in [5, 5.41) is 9.59. The topological polar surface area (TPSA) is 105 Å². The first-order valence-electron chi connectivity index (χ1n) is 6.21. The highest BCUT2D eigenvalue weighted by Gasteiger charge is 2.15. The number of nitrogens with two attached hydrogens (primary N) is 1. The fourth-order valence-corrected chi connectivity index (χ4v) is 2.45. The van der Waals surface area contributed by atoms with Gasteiger partial charge in [0.05, 0.1) is 21.9 Å². The number of anilines is 2. The Labute approximate surface area is 127 Å². The summed E-state index contributed by atoms with van der Waals surface area (Å²) in [7, 11) is 3.68. The van der Waals surface area contributed by atoms with Gasteiger partial charge in [0.1, 0.15) is 5.82 Å². The number of thioether (sulfide) groups is 1. The van der Waals surface area contributed by atoms with Gasteiger partial charge >= 0.3 is 0 Å². The van der Waals surface area contributed by atoms with E-state index in [9.17, 15) is 0 Å². The lowest BCUT2D eigenvalue weighted by Gasteiger charge is -2.14. The number of rotatable bonds is 4. The Morgan fingerprint density at radius 3 is 2.76 bits per heavy atom. The minimum atomic E-state index is -0.0598. The van der Waals surface area contributed by atoms with E-state index in [0.717, 1.165) is 5.03 Å². The third-order valence-electron chi connectivity index (χ3n) is 2.58. The van der Waals surface area contributed by atoms with Gasteiger partial charge in [-0.15, -0.1) is 0 Å². The Morgan fingerprint density at radius 2 is 2.10 bits per heavy atom. The van der Waals surface area contributed by atoms with Crippen molar-refractivity contribution in [1.29, 1.82) is 5.26 Å². The summed E-state index contributed by atoms with van der Waals surface area (Å²) >= 11 is 1.47. The average molecular weight is 301 g/mol. The molecule has 0 fully saturated rings. The molecule has 2 N–H and O–H groups in total. The monoisotopic (exact) mass is 301 g/mol. The molecular formula is C13H15N7S. The van der Waals surface area contributed by atoms with Crippen LogP contribution in [-0.4, -0.2) is 34.0 Å². The highest BCUT2D eigenvalue weighted by atomic mass is 32.2. The van der Waals surface area contributed by atoms with Gasteiger partial charge in [-0.2, -0.15) is 20.2 Å². The second kappa shape index (κ2) is 6.37. The molecule has 21 heavy (non-hydrogen) atoms. The van der Waals surface area contributed by atoms with E-state index in [2.05, 4.69) is 26.0 Å². The molecule has 8 heteroatoms. The van der Waals surface area contributed by atoms with E-state index in [1.165, 1.54) is 11.8 Å². The fourth-order valence-electron chi connectivity index (χ4n) is 1.56. The maximum Gasteiger partial charge on any atom is 0.229 e. The number of nitrogen functional groups attached to an aromatic ring is 1. The molecule has 0 aliphatic heterocycles. The van der Waals surface area contributed by atoms with E-state index in [1.54, 1.807) is 23.2 Å². The van der Waals surface area contributed by atoms with E-state index in [-0.39, 0.29) is 11.2 Å². The van der Waals surface area contributed by atoms with Crippen LogP contribution in [0.25, 0.3) is 0 Å². The third-order valence-corrected chi connectivity index (χ3v) is 3.61. The van der Waals surface area contributed by atoms with Crippen LogP contribution in [0.5, 0.6) is 0 Å². The highest BCUT2D eigenvalue weighted by molar-refractivity contribution is 7.99. The Bertz CT molecular complexity index is 680. The standard InChI is InChI=1S/C13H15N7S/c1-8(21-10-6-9(7-14)4-5-16-10)11-17-12(15)19-13(18-11)20(2)3/h4-6,8H,1-3H3,(H2,15,17,18,19). The van der Waals surface area contributed by atoms with Crippen LogP contribution in [0.4, 0.5) is 11.9 Å². The largest absolute Gasteiger partial charge is 0.368 e. The molecule has 0 saturated heterocycles. The first kappa shape index (κ1) is 15.0. The van der Waals surface area contributed by atoms with Crippen LogP contribution < -0.4 is 10.6 Å². The molecule has 2 heterocycles. The summed E-state index contributed by atoms with van der Waals surface area (Å²) in [6.45, 7) is 1.96. The molecule has 1 unspecified atom stereocenters. The van der Waals surface area contributed by atoms with Crippen molar-refractivity contribution in [3.8, 4) is 6.07 Å². The average Bonchev–Trinajstić information content (AvgIpc) is 2.46. The first-order valence-corrected chi connectivity index (χ1v) is 7.09. The van der Waals surface area contributed by atoms with Crippen molar-refractivity contribution in [2.24, 2.45) is 0 Å². The van der Waals surface area contributed by atoms with Gasteiger partial charge in [0.15, 0.2) is 0 Å². The van der Waals surface area contributed by atoms with Gasteiger partial charge in [0.25, 0.3) is 0 Å². The molecule has 0 spiro atoms. The van der Waals surface area contributed by atoms with E-state index in [4.69, 9.17) is 11.0 Å². The molecule has 0 radical (unpaired) electrons. The summed E-state index contributed by atoms with van der Waals surface area (Å²) in [6.07, 6.45) is 1.61. The SMILES string of the molecule is CC(Sc1cc(C#N)ccn1)c1nc(N)nc(N(C)C)n1. The highest BCUT2D eigenvalue weighted by Crippen LogP contribution is 2.32. The van der Waals surface area contributed by atoms with Crippen LogP contribution in [0.1, 0.15) is 23.6 Å². The number of nitriles is 1. The normalized spacial score (nSPS) is 11.7. The van der Waals surface area contributed by atoms with Crippen molar-refractivity contribution in [2.45, 2.75) is 17.2 Å². The van der Waals surface area contributed by atoms with E-state index >= 15 is 0 Å². The molecule has 0 aliphatic rings. The van der Waals surface area contributed by atoms with Crippen LogP contribution in [-0.2, 0) is 0 Å². The molecule has 2 aromatic heterocycles. The van der Waals surface area contributed by atoms with Gasteiger partial charge in [0.2, 0.25) is 11.9 Å². The zero-order valence-electron chi connectivity index (χ0n) is 12.0. The van der Waals surface area contributed by atoms with Crippen LogP contribution in [0.3, 0.4) is 0 Å². The van der Waals surface area contributed by atoms with Gasteiger partial charge in [-0.3, -0.25) is 0 Å². The van der Waals surface area contributed by atoms with Crippen molar-refractivity contribution in [2.75, 3.05) is 24.7 Å². The predicted octanol–water partition coefficient (Wildman–Crippen LogP) is 1.64. The Kier molecular flexibility index (Phi) is 4.55. The Hall–Kier alpha value is -2.40. The summed E-state index contributed by atoms with van der Waals surface area (Å²) in [6, 6.07) is 5.49. The zero-order valence-corrected chi connectivity index (χ0v) is 12.8. The van der Waals surface area contributed by atoms with Crippen LogP contribution in [0.15, 0.2) is 23.4 Å². The molecule has 0 amide bonds. The minimum Gasteiger partial charge on any atom is -0.368 e. The minimum absolute atomic E-state index is 0.0598. The maximum absolute atomic E-state index is 8.91. The molecule has 2 aromatic rings. The second-order valence-electron chi connectivity index (χ2n) is 4.50. The zero-order chi connectivity index (χ0) is 15.4. The summed E-state index contributed by atoms with van der Waals surface area (Å²) in [4.78, 5) is 18.6. The van der Waals surface area contributed by atoms with Gasteiger partial charge in [-0.25, -0.2) is 4.98 Å². The van der Waals surface area contributed by atoms with Crippen molar-refractivity contribution < 1.29 is 0 Å². The number of hydrogen-bond donors (Lipinski definition) is 1.